The van der Waals surface area contributed by atoms with Crippen LogP contribution in [0.25, 0.3) is 0 Å². The molecule has 4 aliphatic rings. The first-order valence-electron chi connectivity index (χ1n) is 16.2. The first-order chi connectivity index (χ1) is 24.6. The second-order valence-electron chi connectivity index (χ2n) is 11.9. The van der Waals surface area contributed by atoms with Crippen molar-refractivity contribution in [2.45, 2.75) is 45.4 Å². The third-order valence-corrected chi connectivity index (χ3v) is 8.76. The van der Waals surface area contributed by atoms with Gasteiger partial charge in [0.05, 0.1) is 17.1 Å². The third kappa shape index (κ3) is 11.7. The van der Waals surface area contributed by atoms with Crippen molar-refractivity contribution < 1.29 is 28.6 Å². The van der Waals surface area contributed by atoms with Crippen LogP contribution in [-0.2, 0) is 48.2 Å². The summed E-state index contributed by atoms with van der Waals surface area (Å²) in [6.07, 6.45) is 12.2. The van der Waals surface area contributed by atoms with Gasteiger partial charge in [-0.1, -0.05) is 53.0 Å². The fourth-order valence-corrected chi connectivity index (χ4v) is 5.56. The second-order valence-corrected chi connectivity index (χ2v) is 13.1. The number of ether oxygens (including phenoxy) is 3. The van der Waals surface area contributed by atoms with E-state index >= 15 is 0 Å². The summed E-state index contributed by atoms with van der Waals surface area (Å²) in [4.78, 5) is 51.4. The van der Waals surface area contributed by atoms with Gasteiger partial charge in [0.1, 0.15) is 35.3 Å². The molecule has 3 aromatic rings. The number of rotatable bonds is 11. The summed E-state index contributed by atoms with van der Waals surface area (Å²) < 4.78 is 14.7. The Morgan fingerprint density at radius 3 is 1.45 bits per heavy atom. The van der Waals surface area contributed by atoms with E-state index in [4.69, 9.17) is 49.0 Å². The van der Waals surface area contributed by atoms with Crippen LogP contribution in [0.1, 0.15) is 36.5 Å². The lowest BCUT2D eigenvalue weighted by Gasteiger charge is -2.24. The van der Waals surface area contributed by atoms with E-state index in [1.807, 2.05) is 37.1 Å². The highest BCUT2D eigenvalue weighted by atomic mass is 35.5. The number of cyclic esters (lactones) is 3. The lowest BCUT2D eigenvalue weighted by atomic mass is 10.2. The predicted octanol–water partition coefficient (Wildman–Crippen LogP) is 5.75. The SMILES string of the molecule is CCN(Cc1ccc(Cl)nc1)C1=CC(=O)OC1.CN(Cc1ccc(Cl)nc1)C1=CC(=O)OC1.O=C1C=C(N(Cc2ccc(Cl)nc2)C2CC2)CO1. The Kier molecular flexibility index (Phi) is 13.3. The Morgan fingerprint density at radius 1 is 0.627 bits per heavy atom. The van der Waals surface area contributed by atoms with E-state index in [0.717, 1.165) is 46.9 Å². The number of halogens is 3. The maximum Gasteiger partial charge on any atom is 0.333 e. The number of hydrogen-bond donors (Lipinski definition) is 0. The molecule has 0 amide bonds. The fraction of sp³-hybridized carbons (Fsp3) is 0.333. The van der Waals surface area contributed by atoms with E-state index < -0.39 is 0 Å². The lowest BCUT2D eigenvalue weighted by Crippen LogP contribution is -2.25. The van der Waals surface area contributed by atoms with Crippen molar-refractivity contribution in [2.75, 3.05) is 33.4 Å². The standard InChI is InChI=1S/C13H13ClN2O2.C12H13ClN2O2.C11H11ClN2O2/c14-12-4-1-9(6-15-12)7-16(10-2-3-10)11-5-13(17)18-8-11;1-2-15(10-5-12(16)17-8-10)7-9-3-4-11(13)14-6-9;1-14(9-4-11(15)16-7-9)6-8-2-3-10(12)13-5-8/h1,4-6,10H,2-3,7-8H2;3-6H,2,7-8H2,1H3;2-5H,6-7H2,1H3. The largest absolute Gasteiger partial charge is 0.456 e. The highest BCUT2D eigenvalue weighted by molar-refractivity contribution is 6.29. The van der Waals surface area contributed by atoms with Gasteiger partial charge < -0.3 is 28.9 Å². The van der Waals surface area contributed by atoms with Gasteiger partial charge in [-0.2, -0.15) is 0 Å². The minimum absolute atomic E-state index is 0.245. The van der Waals surface area contributed by atoms with E-state index in [1.54, 1.807) is 42.9 Å². The number of esters is 3. The van der Waals surface area contributed by atoms with E-state index in [-0.39, 0.29) is 17.9 Å². The van der Waals surface area contributed by atoms with Crippen LogP contribution < -0.4 is 0 Å². The van der Waals surface area contributed by atoms with E-state index in [2.05, 4.69) is 24.8 Å². The summed E-state index contributed by atoms with van der Waals surface area (Å²) in [7, 11) is 1.91. The van der Waals surface area contributed by atoms with E-state index in [0.29, 0.717) is 54.4 Å². The zero-order valence-corrected chi connectivity index (χ0v) is 30.4. The molecule has 7 rings (SSSR count). The maximum atomic E-state index is 11.1. The molecule has 1 fully saturated rings. The van der Waals surface area contributed by atoms with Crippen LogP contribution in [0.3, 0.4) is 0 Å². The maximum absolute atomic E-state index is 11.1. The van der Waals surface area contributed by atoms with Gasteiger partial charge in [0.15, 0.2) is 0 Å². The van der Waals surface area contributed by atoms with Crippen molar-refractivity contribution in [3.05, 3.63) is 122 Å². The van der Waals surface area contributed by atoms with Crippen molar-refractivity contribution in [2.24, 2.45) is 0 Å². The summed E-state index contributed by atoms with van der Waals surface area (Å²) >= 11 is 17.2. The minimum Gasteiger partial charge on any atom is -0.456 e. The average Bonchev–Trinajstić information content (AvgIpc) is 3.46. The van der Waals surface area contributed by atoms with Crippen molar-refractivity contribution in [1.29, 1.82) is 0 Å². The molecule has 3 aromatic heterocycles. The van der Waals surface area contributed by atoms with Gasteiger partial charge in [-0.25, -0.2) is 29.3 Å². The smallest absolute Gasteiger partial charge is 0.333 e. The zero-order valence-electron chi connectivity index (χ0n) is 28.1. The molecule has 0 spiro atoms. The van der Waals surface area contributed by atoms with Gasteiger partial charge in [-0.15, -0.1) is 0 Å². The van der Waals surface area contributed by atoms with Crippen LogP contribution in [-0.4, -0.2) is 87.0 Å². The Labute approximate surface area is 311 Å². The summed E-state index contributed by atoms with van der Waals surface area (Å²) in [5.74, 6) is -0.798. The number of nitrogens with zero attached hydrogens (tertiary/aromatic N) is 6. The van der Waals surface area contributed by atoms with E-state index in [9.17, 15) is 14.4 Å². The zero-order chi connectivity index (χ0) is 36.3. The molecule has 0 aromatic carbocycles. The number of likely N-dealkylation sites (N-methyl/N-ethyl adjacent to an activating group) is 2. The third-order valence-electron chi connectivity index (χ3n) is 8.09. The van der Waals surface area contributed by atoms with E-state index in [1.165, 1.54) is 25.0 Å². The van der Waals surface area contributed by atoms with Gasteiger partial charge >= 0.3 is 17.9 Å². The van der Waals surface area contributed by atoms with Gasteiger partial charge in [0, 0.05) is 76.1 Å². The van der Waals surface area contributed by atoms with Crippen LogP contribution in [0, 0.1) is 0 Å². The molecule has 0 bridgehead atoms. The van der Waals surface area contributed by atoms with Crippen LogP contribution in [0.15, 0.2) is 90.3 Å². The van der Waals surface area contributed by atoms with Crippen LogP contribution in [0.2, 0.25) is 15.5 Å². The van der Waals surface area contributed by atoms with Gasteiger partial charge in [-0.3, -0.25) is 0 Å². The Balaban J connectivity index is 0.000000149. The summed E-state index contributed by atoms with van der Waals surface area (Å²) in [6, 6.07) is 11.6. The Morgan fingerprint density at radius 2 is 1.06 bits per heavy atom. The molecular formula is C36H37Cl3N6O6. The molecular weight excluding hydrogens is 719 g/mol. The summed E-state index contributed by atoms with van der Waals surface area (Å²) in [5, 5.41) is 1.45. The predicted molar refractivity (Wildman–Crippen MR) is 191 cm³/mol. The first-order valence-corrected chi connectivity index (χ1v) is 17.4. The number of carbonyl (C=O) groups excluding carboxylic acids is 3. The number of pyridine rings is 3. The molecule has 6 heterocycles. The Bertz CT molecular complexity index is 1780. The number of hydrogen-bond acceptors (Lipinski definition) is 12. The molecule has 1 aliphatic carbocycles. The molecule has 0 saturated heterocycles. The molecule has 0 unspecified atom stereocenters. The molecule has 0 N–H and O–H groups in total. The normalized spacial score (nSPS) is 15.9. The van der Waals surface area contributed by atoms with Gasteiger partial charge in [0.25, 0.3) is 0 Å². The molecule has 1 saturated carbocycles. The summed E-state index contributed by atoms with van der Waals surface area (Å²) in [6.45, 7) is 6.05. The van der Waals surface area contributed by atoms with Crippen molar-refractivity contribution in [1.82, 2.24) is 29.7 Å². The quantitative estimate of drug-likeness (QED) is 0.135. The van der Waals surface area contributed by atoms with Gasteiger partial charge in [-0.05, 0) is 54.7 Å². The van der Waals surface area contributed by atoms with Gasteiger partial charge in [0.2, 0.25) is 0 Å². The minimum atomic E-state index is -0.281. The second kappa shape index (κ2) is 18.0. The molecule has 51 heavy (non-hydrogen) atoms. The van der Waals surface area contributed by atoms with Crippen LogP contribution in [0.4, 0.5) is 0 Å². The van der Waals surface area contributed by atoms with Crippen molar-refractivity contribution >= 4 is 52.7 Å². The first kappa shape index (κ1) is 37.6. The highest BCUT2D eigenvalue weighted by Crippen LogP contribution is 2.32. The molecule has 3 aliphatic heterocycles. The lowest BCUT2D eigenvalue weighted by molar-refractivity contribution is -0.136. The highest BCUT2D eigenvalue weighted by Gasteiger charge is 2.33. The average molecular weight is 756 g/mol. The van der Waals surface area contributed by atoms with Crippen molar-refractivity contribution in [3.63, 3.8) is 0 Å². The monoisotopic (exact) mass is 754 g/mol. The van der Waals surface area contributed by atoms with Crippen LogP contribution >= 0.6 is 34.8 Å². The van der Waals surface area contributed by atoms with Crippen LogP contribution in [0.5, 0.6) is 0 Å². The van der Waals surface area contributed by atoms with Crippen molar-refractivity contribution in [3.8, 4) is 0 Å². The number of carbonyl (C=O) groups is 3. The summed E-state index contributed by atoms with van der Waals surface area (Å²) in [5.41, 5.74) is 5.93. The fourth-order valence-electron chi connectivity index (χ4n) is 5.22. The molecule has 0 radical (unpaired) electrons. The molecule has 15 heteroatoms. The molecule has 0 atom stereocenters. The topological polar surface area (TPSA) is 127 Å². The molecule has 268 valence electrons. The number of aromatic nitrogens is 3. The molecule has 12 nitrogen and oxygen atoms in total. The Hall–Kier alpha value is -4.65.